The highest BCUT2D eigenvalue weighted by atomic mass is 19.1. The molecule has 2 heterocycles. The SMILES string of the molecule is CN(/C=C\C=N)c1cccc(Cn2c(=O)c3cc(OC(CF)CF)ccc3n(C3CCN(C=O)CC3)c2=O)c1. The number of amides is 1. The Kier molecular flexibility index (Phi) is 8.90. The van der Waals surface area contributed by atoms with Crippen molar-refractivity contribution in [1.29, 1.82) is 5.41 Å². The van der Waals surface area contributed by atoms with Crippen LogP contribution in [0.5, 0.6) is 5.75 Å². The first-order chi connectivity index (χ1) is 18.9. The number of ether oxygens (including phenoxy) is 1. The van der Waals surface area contributed by atoms with Crippen LogP contribution < -0.4 is 20.9 Å². The van der Waals surface area contributed by atoms with Gasteiger partial charge in [0, 0.05) is 44.3 Å². The third kappa shape index (κ3) is 6.08. The maximum Gasteiger partial charge on any atom is 0.332 e. The van der Waals surface area contributed by atoms with E-state index in [2.05, 4.69) is 0 Å². The zero-order valence-electron chi connectivity index (χ0n) is 21.6. The highest BCUT2D eigenvalue weighted by molar-refractivity contribution is 5.80. The number of halogens is 2. The third-order valence-electron chi connectivity index (χ3n) is 6.86. The quantitative estimate of drug-likeness (QED) is 0.298. The molecule has 1 N–H and O–H groups in total. The van der Waals surface area contributed by atoms with Gasteiger partial charge < -0.3 is 19.9 Å². The Hall–Kier alpha value is -4.28. The summed E-state index contributed by atoms with van der Waals surface area (Å²) in [6.07, 6.45) is 5.03. The van der Waals surface area contributed by atoms with Gasteiger partial charge >= 0.3 is 5.69 Å². The fraction of sp³-hybridized carbons (Fsp3) is 0.357. The van der Waals surface area contributed by atoms with E-state index in [9.17, 15) is 23.2 Å². The lowest BCUT2D eigenvalue weighted by Crippen LogP contribution is -2.44. The summed E-state index contributed by atoms with van der Waals surface area (Å²) in [5.74, 6) is 0.133. The van der Waals surface area contributed by atoms with Crippen molar-refractivity contribution < 1.29 is 18.3 Å². The van der Waals surface area contributed by atoms with Gasteiger partial charge in [0.15, 0.2) is 6.10 Å². The molecule has 4 rings (SSSR count). The number of hydrogen-bond acceptors (Lipinski definition) is 6. The predicted molar refractivity (Wildman–Crippen MR) is 147 cm³/mol. The second kappa shape index (κ2) is 12.5. The Bertz CT molecular complexity index is 1470. The van der Waals surface area contributed by atoms with Crippen molar-refractivity contribution in [2.75, 3.05) is 38.4 Å². The number of piperidine rings is 1. The molecule has 0 spiro atoms. The Labute approximate surface area is 224 Å². The molecule has 1 aliphatic heterocycles. The lowest BCUT2D eigenvalue weighted by Gasteiger charge is -2.31. The minimum Gasteiger partial charge on any atom is -0.485 e. The summed E-state index contributed by atoms with van der Waals surface area (Å²) < 4.78 is 34.3. The molecule has 9 nitrogen and oxygen atoms in total. The van der Waals surface area contributed by atoms with Gasteiger partial charge in [-0.25, -0.2) is 13.6 Å². The molecule has 1 aromatic heterocycles. The van der Waals surface area contributed by atoms with Crippen molar-refractivity contribution in [3.8, 4) is 5.75 Å². The number of alkyl halides is 2. The van der Waals surface area contributed by atoms with Crippen LogP contribution in [0.2, 0.25) is 0 Å². The van der Waals surface area contributed by atoms with Crippen molar-refractivity contribution >= 4 is 29.2 Å². The molecule has 0 bridgehead atoms. The Morgan fingerprint density at radius 1 is 1.13 bits per heavy atom. The smallest absolute Gasteiger partial charge is 0.332 e. The largest absolute Gasteiger partial charge is 0.485 e. The molecule has 206 valence electrons. The summed E-state index contributed by atoms with van der Waals surface area (Å²) in [5, 5.41) is 7.38. The summed E-state index contributed by atoms with van der Waals surface area (Å²) >= 11 is 0. The molecule has 0 saturated carbocycles. The molecule has 1 aliphatic rings. The van der Waals surface area contributed by atoms with Crippen LogP contribution in [0.3, 0.4) is 0 Å². The molecular formula is C28H31F2N5O4. The number of carbonyl (C=O) groups is 1. The lowest BCUT2D eigenvalue weighted by molar-refractivity contribution is -0.119. The second-order valence-corrected chi connectivity index (χ2v) is 9.43. The van der Waals surface area contributed by atoms with Crippen molar-refractivity contribution in [1.82, 2.24) is 14.0 Å². The van der Waals surface area contributed by atoms with Crippen molar-refractivity contribution in [2.45, 2.75) is 31.5 Å². The average Bonchev–Trinajstić information content (AvgIpc) is 2.97. The van der Waals surface area contributed by atoms with Gasteiger partial charge in [0.05, 0.1) is 17.4 Å². The summed E-state index contributed by atoms with van der Waals surface area (Å²) in [5.41, 5.74) is 0.909. The van der Waals surface area contributed by atoms with E-state index in [4.69, 9.17) is 10.1 Å². The number of nitrogens with one attached hydrogen (secondary N) is 1. The van der Waals surface area contributed by atoms with Gasteiger partial charge in [0.25, 0.3) is 5.56 Å². The highest BCUT2D eigenvalue weighted by Crippen LogP contribution is 2.26. The van der Waals surface area contributed by atoms with Gasteiger partial charge in [0.1, 0.15) is 19.1 Å². The normalized spacial score (nSPS) is 14.3. The van der Waals surface area contributed by atoms with E-state index >= 15 is 0 Å². The Morgan fingerprint density at radius 3 is 2.54 bits per heavy atom. The number of nitrogens with zero attached hydrogens (tertiary/aromatic N) is 4. The number of rotatable bonds is 11. The lowest BCUT2D eigenvalue weighted by atomic mass is 10.0. The number of likely N-dealkylation sites (tertiary alicyclic amines) is 1. The van der Waals surface area contributed by atoms with Gasteiger partial charge in [-0.15, -0.1) is 0 Å². The monoisotopic (exact) mass is 539 g/mol. The van der Waals surface area contributed by atoms with Crippen LogP contribution in [0, 0.1) is 5.41 Å². The summed E-state index contributed by atoms with van der Waals surface area (Å²) in [6.45, 7) is -1.08. The van der Waals surface area contributed by atoms with Gasteiger partial charge in [0.2, 0.25) is 6.41 Å². The molecule has 1 amide bonds. The Balaban J connectivity index is 1.82. The maximum atomic E-state index is 13.8. The van der Waals surface area contributed by atoms with Crippen LogP contribution in [-0.4, -0.2) is 66.2 Å². The van der Waals surface area contributed by atoms with Crippen molar-refractivity contribution in [2.24, 2.45) is 0 Å². The van der Waals surface area contributed by atoms with Crippen LogP contribution in [0.25, 0.3) is 10.9 Å². The molecule has 2 aromatic carbocycles. The number of hydrogen-bond donors (Lipinski definition) is 1. The zero-order valence-corrected chi connectivity index (χ0v) is 21.6. The minimum atomic E-state index is -1.29. The number of anilines is 1. The summed E-state index contributed by atoms with van der Waals surface area (Å²) in [6, 6.07) is 11.6. The van der Waals surface area contributed by atoms with E-state index in [1.54, 1.807) is 27.8 Å². The standard InChI is InChI=1S/C28H31F2N5O4/c1-32(11-3-10-31)22-5-2-4-20(14-22)18-34-27(37)25-15-23(39-24(16-29)17-30)6-7-26(25)35(28(34)38)21-8-12-33(19-36)13-9-21/h2-7,10-11,14-15,19,21,24,31H,8-9,12-13,16-18H2,1H3/b11-3-,31-10?. The van der Waals surface area contributed by atoms with E-state index in [1.807, 2.05) is 36.2 Å². The third-order valence-corrected chi connectivity index (χ3v) is 6.86. The van der Waals surface area contributed by atoms with Crippen LogP contribution in [0.4, 0.5) is 14.5 Å². The van der Waals surface area contributed by atoms with E-state index < -0.39 is 30.7 Å². The number of aromatic nitrogens is 2. The van der Waals surface area contributed by atoms with Crippen LogP contribution in [0.1, 0.15) is 24.4 Å². The van der Waals surface area contributed by atoms with Gasteiger partial charge in [-0.2, -0.15) is 0 Å². The van der Waals surface area contributed by atoms with E-state index in [1.165, 1.54) is 18.3 Å². The highest BCUT2D eigenvalue weighted by Gasteiger charge is 2.25. The number of allylic oxidation sites excluding steroid dienone is 1. The first kappa shape index (κ1) is 27.7. The van der Waals surface area contributed by atoms with Crippen LogP contribution in [0.15, 0.2) is 64.3 Å². The number of benzene rings is 2. The molecule has 0 atom stereocenters. The molecule has 0 radical (unpaired) electrons. The fourth-order valence-electron chi connectivity index (χ4n) is 4.79. The molecule has 1 fully saturated rings. The first-order valence-corrected chi connectivity index (χ1v) is 12.7. The van der Waals surface area contributed by atoms with Crippen molar-refractivity contribution in [3.05, 3.63) is 81.1 Å². The molecule has 1 saturated heterocycles. The van der Waals surface area contributed by atoms with Crippen molar-refractivity contribution in [3.63, 3.8) is 0 Å². The molecule has 0 unspecified atom stereocenters. The fourth-order valence-corrected chi connectivity index (χ4v) is 4.79. The summed E-state index contributed by atoms with van der Waals surface area (Å²) in [7, 11) is 1.82. The zero-order chi connectivity index (χ0) is 27.9. The first-order valence-electron chi connectivity index (χ1n) is 12.7. The van der Waals surface area contributed by atoms with Gasteiger partial charge in [-0.05, 0) is 54.8 Å². The molecular weight excluding hydrogens is 508 g/mol. The van der Waals surface area contributed by atoms with Crippen LogP contribution in [-0.2, 0) is 11.3 Å². The maximum absolute atomic E-state index is 13.8. The van der Waals surface area contributed by atoms with E-state index in [0.717, 1.165) is 16.7 Å². The van der Waals surface area contributed by atoms with Gasteiger partial charge in [-0.3, -0.25) is 18.7 Å². The summed E-state index contributed by atoms with van der Waals surface area (Å²) in [4.78, 5) is 42.2. The molecule has 3 aromatic rings. The minimum absolute atomic E-state index is 0.000572. The molecule has 0 aliphatic carbocycles. The van der Waals surface area contributed by atoms with Gasteiger partial charge in [-0.1, -0.05) is 12.1 Å². The second-order valence-electron chi connectivity index (χ2n) is 9.43. The van der Waals surface area contributed by atoms with Crippen LogP contribution >= 0.6 is 0 Å². The predicted octanol–water partition coefficient (Wildman–Crippen LogP) is 3.29. The number of carbonyl (C=O) groups excluding carboxylic acids is 1. The number of fused-ring (bicyclic) bond motifs is 1. The van der Waals surface area contributed by atoms with E-state index in [-0.39, 0.29) is 23.7 Å². The average molecular weight is 540 g/mol. The Morgan fingerprint density at radius 2 is 1.87 bits per heavy atom. The molecule has 11 heteroatoms. The molecule has 39 heavy (non-hydrogen) atoms. The topological polar surface area (TPSA) is 101 Å². The van der Waals surface area contributed by atoms with E-state index in [0.29, 0.717) is 37.0 Å².